The molecule has 2 N–H and O–H groups in total. The lowest BCUT2D eigenvalue weighted by Crippen LogP contribution is -2.25. The second-order valence-corrected chi connectivity index (χ2v) is 2.26. The van der Waals surface area contributed by atoms with Crippen LogP contribution in [0.3, 0.4) is 0 Å². The van der Waals surface area contributed by atoms with Gasteiger partial charge in [-0.05, 0) is 10.4 Å². The highest BCUT2D eigenvalue weighted by Crippen LogP contribution is 1.95. The smallest absolute Gasteiger partial charge is 0.222 e. The zero-order valence-electron chi connectivity index (χ0n) is 6.06. The first-order chi connectivity index (χ1) is 5.20. The van der Waals surface area contributed by atoms with Crippen LogP contribution in [0.15, 0.2) is 0 Å². The van der Waals surface area contributed by atoms with Crippen molar-refractivity contribution in [2.24, 2.45) is 11.7 Å². The Balaban J connectivity index is 2.50. The predicted molar refractivity (Wildman–Crippen MR) is 35.0 cm³/mol. The Bertz CT molecular complexity index is 231. The van der Waals surface area contributed by atoms with Crippen LogP contribution in [0.5, 0.6) is 0 Å². The predicted octanol–water partition coefficient (Wildman–Crippen LogP) is -1.41. The van der Waals surface area contributed by atoms with Crippen molar-refractivity contribution in [3.8, 4) is 0 Å². The maximum absolute atomic E-state index is 10.6. The van der Waals surface area contributed by atoms with E-state index in [9.17, 15) is 4.79 Å². The van der Waals surface area contributed by atoms with Crippen LogP contribution in [-0.4, -0.2) is 26.1 Å². The number of rotatable bonds is 3. The summed E-state index contributed by atoms with van der Waals surface area (Å²) < 4.78 is 1.34. The maximum atomic E-state index is 10.6. The zero-order chi connectivity index (χ0) is 8.27. The van der Waals surface area contributed by atoms with Gasteiger partial charge in [-0.1, -0.05) is 6.92 Å². The lowest BCUT2D eigenvalue weighted by molar-refractivity contribution is -0.121. The van der Waals surface area contributed by atoms with Crippen molar-refractivity contribution in [2.45, 2.75) is 13.5 Å². The molecule has 11 heavy (non-hydrogen) atoms. The van der Waals surface area contributed by atoms with Crippen LogP contribution in [0.2, 0.25) is 0 Å². The van der Waals surface area contributed by atoms with E-state index >= 15 is 0 Å². The molecule has 1 atom stereocenters. The lowest BCUT2D eigenvalue weighted by Gasteiger charge is -2.03. The summed E-state index contributed by atoms with van der Waals surface area (Å²) in [5.74, 6) is -0.636. The van der Waals surface area contributed by atoms with Crippen LogP contribution in [-0.2, 0) is 11.3 Å². The second kappa shape index (κ2) is 3.09. The van der Waals surface area contributed by atoms with Crippen molar-refractivity contribution in [3.63, 3.8) is 0 Å². The molecular weight excluding hydrogens is 146 g/mol. The molecule has 0 spiro atoms. The van der Waals surface area contributed by atoms with E-state index in [0.29, 0.717) is 6.54 Å². The summed E-state index contributed by atoms with van der Waals surface area (Å²) >= 11 is 0. The Kier molecular flexibility index (Phi) is 2.15. The van der Waals surface area contributed by atoms with Gasteiger partial charge in [-0.2, -0.15) is 0 Å². The topological polar surface area (TPSA) is 86.7 Å². The van der Waals surface area contributed by atoms with Crippen molar-refractivity contribution < 1.29 is 4.79 Å². The van der Waals surface area contributed by atoms with E-state index in [1.54, 1.807) is 6.92 Å². The molecule has 0 aromatic carbocycles. The van der Waals surface area contributed by atoms with Gasteiger partial charge in [-0.25, -0.2) is 4.68 Å². The van der Waals surface area contributed by atoms with Crippen molar-refractivity contribution in [1.82, 2.24) is 20.2 Å². The third-order valence-electron chi connectivity index (χ3n) is 1.29. The molecule has 0 saturated heterocycles. The summed E-state index contributed by atoms with van der Waals surface area (Å²) in [7, 11) is 0. The zero-order valence-corrected chi connectivity index (χ0v) is 6.06. The quantitative estimate of drug-likeness (QED) is 0.579. The van der Waals surface area contributed by atoms with E-state index in [1.165, 1.54) is 4.68 Å². The first-order valence-electron chi connectivity index (χ1n) is 3.13. The number of aromatic nitrogens is 4. The average Bonchev–Trinajstić information content (AvgIpc) is 2.39. The summed E-state index contributed by atoms with van der Waals surface area (Å²) in [5, 5.41) is 10.2. The van der Waals surface area contributed by atoms with Crippen LogP contribution in [0.25, 0.3) is 0 Å². The SMILES string of the molecule is CC(Cn1[c]nnn1)C(N)=O. The largest absolute Gasteiger partial charge is 0.369 e. The molecule has 0 aliphatic heterocycles. The Labute approximate surface area is 63.4 Å². The lowest BCUT2D eigenvalue weighted by atomic mass is 10.2. The summed E-state index contributed by atoms with van der Waals surface area (Å²) in [6.45, 7) is 2.08. The van der Waals surface area contributed by atoms with Crippen LogP contribution < -0.4 is 5.73 Å². The molecule has 0 aliphatic carbocycles. The van der Waals surface area contributed by atoms with Crippen LogP contribution in [0, 0.1) is 12.2 Å². The Morgan fingerprint density at radius 3 is 3.00 bits per heavy atom. The van der Waals surface area contributed by atoms with Crippen molar-refractivity contribution in [3.05, 3.63) is 6.33 Å². The third kappa shape index (κ3) is 1.99. The van der Waals surface area contributed by atoms with E-state index in [0.717, 1.165) is 0 Å². The molecule has 0 bridgehead atoms. The molecule has 1 aromatic rings. The molecule has 6 nitrogen and oxygen atoms in total. The number of hydrogen-bond donors (Lipinski definition) is 1. The van der Waals surface area contributed by atoms with Gasteiger partial charge in [0.05, 0.1) is 12.5 Å². The number of primary amides is 1. The molecule has 1 unspecified atom stereocenters. The van der Waals surface area contributed by atoms with Crippen molar-refractivity contribution >= 4 is 5.91 Å². The van der Waals surface area contributed by atoms with E-state index in [4.69, 9.17) is 5.73 Å². The fourth-order valence-electron chi connectivity index (χ4n) is 0.587. The first-order valence-corrected chi connectivity index (χ1v) is 3.13. The van der Waals surface area contributed by atoms with Gasteiger partial charge in [0.1, 0.15) is 0 Å². The number of nitrogens with zero attached hydrogens (tertiary/aromatic N) is 4. The molecule has 1 aromatic heterocycles. The van der Waals surface area contributed by atoms with Gasteiger partial charge >= 0.3 is 0 Å². The summed E-state index contributed by atoms with van der Waals surface area (Å²) in [4.78, 5) is 10.6. The minimum Gasteiger partial charge on any atom is -0.369 e. The van der Waals surface area contributed by atoms with Crippen LogP contribution in [0.1, 0.15) is 6.92 Å². The van der Waals surface area contributed by atoms with Gasteiger partial charge in [0.25, 0.3) is 0 Å². The summed E-state index contributed by atoms with van der Waals surface area (Å²) in [6.07, 6.45) is 2.46. The van der Waals surface area contributed by atoms with Crippen LogP contribution in [0.4, 0.5) is 0 Å². The fraction of sp³-hybridized carbons (Fsp3) is 0.600. The third-order valence-corrected chi connectivity index (χ3v) is 1.29. The van der Waals surface area contributed by atoms with Gasteiger partial charge in [0.15, 0.2) is 0 Å². The Morgan fingerprint density at radius 1 is 1.82 bits per heavy atom. The number of carbonyl (C=O) groups excluding carboxylic acids is 1. The minimum absolute atomic E-state index is 0.269. The van der Waals surface area contributed by atoms with Gasteiger partial charge in [-0.15, -0.1) is 5.10 Å². The molecule has 59 valence electrons. The Morgan fingerprint density at radius 2 is 2.55 bits per heavy atom. The van der Waals surface area contributed by atoms with Crippen molar-refractivity contribution in [2.75, 3.05) is 0 Å². The van der Waals surface area contributed by atoms with Gasteiger partial charge in [0, 0.05) is 0 Å². The number of amides is 1. The summed E-state index contributed by atoms with van der Waals surface area (Å²) in [5.41, 5.74) is 5.02. The minimum atomic E-state index is -0.367. The summed E-state index contributed by atoms with van der Waals surface area (Å²) in [6, 6.07) is 0. The molecule has 1 amide bonds. The van der Waals surface area contributed by atoms with Gasteiger partial charge in [-0.3, -0.25) is 4.79 Å². The molecule has 1 heterocycles. The van der Waals surface area contributed by atoms with E-state index in [2.05, 4.69) is 21.9 Å². The average molecular weight is 154 g/mol. The number of carbonyl (C=O) groups is 1. The molecular formula is C5H8N5O. The molecule has 0 fully saturated rings. The second-order valence-electron chi connectivity index (χ2n) is 2.26. The standard InChI is InChI=1S/C5H8N5O/c1-4(5(6)11)2-10-3-7-8-9-10/h4H,2H2,1H3,(H2,6,11). The molecule has 1 rings (SSSR count). The molecule has 0 aliphatic rings. The number of tetrazole rings is 1. The maximum Gasteiger partial charge on any atom is 0.222 e. The fourth-order valence-corrected chi connectivity index (χ4v) is 0.587. The van der Waals surface area contributed by atoms with Gasteiger partial charge < -0.3 is 5.73 Å². The number of nitrogens with two attached hydrogens (primary N) is 1. The van der Waals surface area contributed by atoms with E-state index < -0.39 is 0 Å². The number of hydrogen-bond acceptors (Lipinski definition) is 4. The normalized spacial score (nSPS) is 12.8. The molecule has 0 saturated carbocycles. The molecule has 1 radical (unpaired) electrons. The van der Waals surface area contributed by atoms with Crippen LogP contribution >= 0.6 is 0 Å². The Hall–Kier alpha value is -1.46. The van der Waals surface area contributed by atoms with Gasteiger partial charge in [0.2, 0.25) is 12.2 Å². The highest BCUT2D eigenvalue weighted by atomic mass is 16.1. The highest BCUT2D eigenvalue weighted by Gasteiger charge is 2.09. The van der Waals surface area contributed by atoms with E-state index in [-0.39, 0.29) is 11.8 Å². The monoisotopic (exact) mass is 154 g/mol. The molecule has 6 heteroatoms. The van der Waals surface area contributed by atoms with Crippen molar-refractivity contribution in [1.29, 1.82) is 0 Å². The van der Waals surface area contributed by atoms with E-state index in [1.807, 2.05) is 0 Å². The first kappa shape index (κ1) is 7.64. The highest BCUT2D eigenvalue weighted by molar-refractivity contribution is 5.76.